The van der Waals surface area contributed by atoms with E-state index in [0.717, 1.165) is 0 Å². The standard InChI is InChI=1S/C27H30NSi/c1-19-16-20(2)21(3)26(17-19)27-25-13-12-24(18-22(25)14-15-28(27)4)29(5,6)23-10-8-7-9-11-23/h7-18H,1-6H3/q+1. The number of hydrogen-bond acceptors (Lipinski definition) is 0. The number of aromatic nitrogens is 1. The van der Waals surface area contributed by atoms with Crippen LogP contribution in [0.15, 0.2) is 72.9 Å². The number of hydrogen-bond donors (Lipinski definition) is 0. The summed E-state index contributed by atoms with van der Waals surface area (Å²) in [5.74, 6) is 0. The van der Waals surface area contributed by atoms with E-state index in [0.29, 0.717) is 0 Å². The molecule has 146 valence electrons. The van der Waals surface area contributed by atoms with E-state index in [-0.39, 0.29) is 0 Å². The predicted molar refractivity (Wildman–Crippen MR) is 128 cm³/mol. The summed E-state index contributed by atoms with van der Waals surface area (Å²) in [6, 6.07) is 25.0. The normalized spacial score (nSPS) is 11.8. The van der Waals surface area contributed by atoms with Crippen LogP contribution in [0.4, 0.5) is 0 Å². The van der Waals surface area contributed by atoms with Crippen molar-refractivity contribution in [3.63, 3.8) is 0 Å². The first-order valence-electron chi connectivity index (χ1n) is 10.4. The molecule has 29 heavy (non-hydrogen) atoms. The first-order chi connectivity index (χ1) is 13.8. The van der Waals surface area contributed by atoms with E-state index < -0.39 is 8.07 Å². The third kappa shape index (κ3) is 3.42. The van der Waals surface area contributed by atoms with Gasteiger partial charge in [-0.1, -0.05) is 77.6 Å². The Morgan fingerprint density at radius 3 is 2.21 bits per heavy atom. The Hall–Kier alpha value is -2.71. The second-order valence-electron chi connectivity index (χ2n) is 8.82. The summed E-state index contributed by atoms with van der Waals surface area (Å²) in [4.78, 5) is 0. The first kappa shape index (κ1) is 19.6. The number of rotatable bonds is 3. The lowest BCUT2D eigenvalue weighted by Gasteiger charge is -2.24. The molecule has 0 N–H and O–H groups in total. The number of nitrogens with zero attached hydrogens (tertiary/aromatic N) is 1. The molecule has 0 bridgehead atoms. The van der Waals surface area contributed by atoms with E-state index in [2.05, 4.69) is 118 Å². The molecule has 4 aromatic rings. The van der Waals surface area contributed by atoms with Crippen LogP contribution in [0.1, 0.15) is 16.7 Å². The van der Waals surface area contributed by atoms with Gasteiger partial charge in [0.05, 0.1) is 10.9 Å². The van der Waals surface area contributed by atoms with Gasteiger partial charge >= 0.3 is 0 Å². The van der Waals surface area contributed by atoms with Gasteiger partial charge in [-0.3, -0.25) is 0 Å². The van der Waals surface area contributed by atoms with Crippen LogP contribution in [-0.4, -0.2) is 8.07 Å². The number of pyridine rings is 1. The van der Waals surface area contributed by atoms with E-state index in [9.17, 15) is 0 Å². The molecule has 0 fully saturated rings. The maximum Gasteiger partial charge on any atom is 0.220 e. The SMILES string of the molecule is Cc1cc(C)c(C)c(-c2c3ccc([Si](C)(C)c4ccccc4)cc3cc[n+]2C)c1. The van der Waals surface area contributed by atoms with Crippen LogP contribution in [0, 0.1) is 20.8 Å². The minimum Gasteiger partial charge on any atom is -0.200 e. The average molecular weight is 397 g/mol. The van der Waals surface area contributed by atoms with Gasteiger partial charge in [-0.15, -0.1) is 0 Å². The van der Waals surface area contributed by atoms with Crippen molar-refractivity contribution in [1.82, 2.24) is 0 Å². The predicted octanol–water partition coefficient (Wildman–Crippen LogP) is 5.08. The Balaban J connectivity index is 1.93. The van der Waals surface area contributed by atoms with E-state index in [1.807, 2.05) is 0 Å². The van der Waals surface area contributed by atoms with E-state index in [1.165, 1.54) is 49.1 Å². The molecule has 0 aliphatic carbocycles. The summed E-state index contributed by atoms with van der Waals surface area (Å²) < 4.78 is 2.27. The van der Waals surface area contributed by atoms with Gasteiger partial charge < -0.3 is 0 Å². The lowest BCUT2D eigenvalue weighted by atomic mass is 9.94. The molecule has 0 aliphatic heterocycles. The Morgan fingerprint density at radius 2 is 1.48 bits per heavy atom. The molecule has 0 saturated heterocycles. The highest BCUT2D eigenvalue weighted by Crippen LogP contribution is 2.30. The average Bonchev–Trinajstić information content (AvgIpc) is 2.71. The van der Waals surface area contributed by atoms with Gasteiger partial charge in [0, 0.05) is 6.07 Å². The lowest BCUT2D eigenvalue weighted by Crippen LogP contribution is -2.52. The highest BCUT2D eigenvalue weighted by molar-refractivity contribution is 7.00. The minimum atomic E-state index is -1.72. The molecule has 0 unspecified atom stereocenters. The molecule has 0 spiro atoms. The summed E-state index contributed by atoms with van der Waals surface area (Å²) in [7, 11) is 0.437. The Labute approximate surface area is 175 Å². The third-order valence-electron chi connectivity index (χ3n) is 6.42. The van der Waals surface area contributed by atoms with Crippen molar-refractivity contribution in [2.75, 3.05) is 0 Å². The number of benzene rings is 3. The summed E-state index contributed by atoms with van der Waals surface area (Å²) in [6.07, 6.45) is 2.20. The van der Waals surface area contributed by atoms with Crippen LogP contribution in [0.2, 0.25) is 13.1 Å². The van der Waals surface area contributed by atoms with Crippen LogP contribution < -0.4 is 14.9 Å². The number of aryl methyl sites for hydroxylation is 3. The molecule has 0 amide bonds. The van der Waals surface area contributed by atoms with Gasteiger partial charge in [0.1, 0.15) is 15.1 Å². The summed E-state index contributed by atoms with van der Waals surface area (Å²) in [5.41, 5.74) is 6.67. The van der Waals surface area contributed by atoms with E-state index >= 15 is 0 Å². The van der Waals surface area contributed by atoms with Crippen molar-refractivity contribution in [2.45, 2.75) is 33.9 Å². The van der Waals surface area contributed by atoms with Gasteiger partial charge in [0.15, 0.2) is 6.20 Å². The fraction of sp³-hybridized carbons (Fsp3) is 0.222. The Morgan fingerprint density at radius 1 is 0.759 bits per heavy atom. The fourth-order valence-electron chi connectivity index (χ4n) is 4.40. The molecule has 2 heteroatoms. The number of fused-ring (bicyclic) bond motifs is 1. The van der Waals surface area contributed by atoms with Gasteiger partial charge in [0.2, 0.25) is 5.69 Å². The quantitative estimate of drug-likeness (QED) is 0.336. The molecule has 0 radical (unpaired) electrons. The van der Waals surface area contributed by atoms with Crippen molar-refractivity contribution in [3.05, 3.63) is 89.6 Å². The first-order valence-corrected chi connectivity index (χ1v) is 13.4. The molecule has 1 aromatic heterocycles. The lowest BCUT2D eigenvalue weighted by molar-refractivity contribution is -0.659. The zero-order valence-electron chi connectivity index (χ0n) is 18.4. The summed E-state index contributed by atoms with van der Waals surface area (Å²) in [5, 5.41) is 5.61. The molecule has 3 aromatic carbocycles. The van der Waals surface area contributed by atoms with Crippen molar-refractivity contribution in [3.8, 4) is 11.3 Å². The molecule has 4 rings (SSSR count). The minimum absolute atomic E-state index is 1.30. The van der Waals surface area contributed by atoms with Crippen molar-refractivity contribution < 1.29 is 4.57 Å². The van der Waals surface area contributed by atoms with Gasteiger partial charge in [0.25, 0.3) is 0 Å². The molecule has 1 heterocycles. The molecular formula is C27H30NSi+. The van der Waals surface area contributed by atoms with E-state index in [1.54, 1.807) is 0 Å². The topological polar surface area (TPSA) is 3.88 Å². The zero-order valence-corrected chi connectivity index (χ0v) is 19.4. The Bertz CT molecular complexity index is 1210. The van der Waals surface area contributed by atoms with Crippen molar-refractivity contribution in [1.29, 1.82) is 0 Å². The van der Waals surface area contributed by atoms with Crippen LogP contribution >= 0.6 is 0 Å². The Kier molecular flexibility index (Phi) is 4.91. The molecule has 0 atom stereocenters. The molecular weight excluding hydrogens is 366 g/mol. The maximum atomic E-state index is 2.45. The monoisotopic (exact) mass is 396 g/mol. The van der Waals surface area contributed by atoms with Crippen LogP contribution in [0.25, 0.3) is 22.0 Å². The van der Waals surface area contributed by atoms with Crippen molar-refractivity contribution >= 4 is 29.2 Å². The largest absolute Gasteiger partial charge is 0.220 e. The second-order valence-corrected chi connectivity index (χ2v) is 13.2. The highest BCUT2D eigenvalue weighted by Gasteiger charge is 2.27. The zero-order chi connectivity index (χ0) is 20.8. The smallest absolute Gasteiger partial charge is 0.200 e. The van der Waals surface area contributed by atoms with Crippen molar-refractivity contribution in [2.24, 2.45) is 7.05 Å². The third-order valence-corrected chi connectivity index (χ3v) is 9.95. The van der Waals surface area contributed by atoms with Gasteiger partial charge in [-0.25, -0.2) is 4.57 Å². The van der Waals surface area contributed by atoms with Crippen LogP contribution in [-0.2, 0) is 7.05 Å². The fourth-order valence-corrected chi connectivity index (χ4v) is 6.78. The maximum absolute atomic E-state index is 2.45. The molecule has 0 aliphatic rings. The summed E-state index contributed by atoms with van der Waals surface area (Å²) in [6.45, 7) is 11.5. The van der Waals surface area contributed by atoms with Crippen LogP contribution in [0.5, 0.6) is 0 Å². The highest BCUT2D eigenvalue weighted by atomic mass is 28.3. The molecule has 0 saturated carbocycles. The summed E-state index contributed by atoms with van der Waals surface area (Å²) >= 11 is 0. The van der Waals surface area contributed by atoms with Gasteiger partial charge in [-0.2, -0.15) is 0 Å². The molecule has 1 nitrogen and oxygen atoms in total. The van der Waals surface area contributed by atoms with Gasteiger partial charge in [-0.05, 0) is 49.4 Å². The second kappa shape index (κ2) is 7.27. The van der Waals surface area contributed by atoms with E-state index in [4.69, 9.17) is 0 Å². The van der Waals surface area contributed by atoms with Crippen LogP contribution in [0.3, 0.4) is 0 Å².